The molecule has 1 atom stereocenters. The van der Waals surface area contributed by atoms with Crippen LogP contribution in [0.3, 0.4) is 0 Å². The summed E-state index contributed by atoms with van der Waals surface area (Å²) in [6.45, 7) is 9.17. The zero-order valence-electron chi connectivity index (χ0n) is 16.1. The molecule has 26 heavy (non-hydrogen) atoms. The van der Waals surface area contributed by atoms with Crippen molar-refractivity contribution in [1.29, 1.82) is 0 Å². The van der Waals surface area contributed by atoms with Crippen LogP contribution in [0.15, 0.2) is 29.3 Å². The molecule has 1 aliphatic rings. The molecular formula is C20H33N3O3. The number of nitrogens with one attached hydrogen (secondary N) is 2. The van der Waals surface area contributed by atoms with Gasteiger partial charge in [-0.1, -0.05) is 24.3 Å². The maximum absolute atomic E-state index is 9.37. The van der Waals surface area contributed by atoms with Crippen molar-refractivity contribution >= 4 is 5.96 Å². The monoisotopic (exact) mass is 363 g/mol. The summed E-state index contributed by atoms with van der Waals surface area (Å²) in [5, 5.41) is 16.1. The zero-order chi connectivity index (χ0) is 18.7. The Kier molecular flexibility index (Phi) is 8.88. The lowest BCUT2D eigenvalue weighted by Crippen LogP contribution is -2.44. The molecule has 0 bridgehead atoms. The fourth-order valence-corrected chi connectivity index (χ4v) is 3.15. The maximum atomic E-state index is 9.37. The molecule has 1 aromatic carbocycles. The third-order valence-electron chi connectivity index (χ3n) is 4.79. The first kappa shape index (κ1) is 20.7. The summed E-state index contributed by atoms with van der Waals surface area (Å²) in [5.74, 6) is 0.794. The number of aliphatic imine (C=N–C) groups is 1. The smallest absolute Gasteiger partial charge is 0.191 e. The normalized spacial score (nSPS) is 20.3. The summed E-state index contributed by atoms with van der Waals surface area (Å²) in [7, 11) is 0. The first-order valence-electron chi connectivity index (χ1n) is 9.58. The maximum Gasteiger partial charge on any atom is 0.191 e. The van der Waals surface area contributed by atoms with Gasteiger partial charge in [-0.3, -0.25) is 0 Å². The van der Waals surface area contributed by atoms with Gasteiger partial charge in [0.2, 0.25) is 0 Å². The summed E-state index contributed by atoms with van der Waals surface area (Å²) in [6, 6.07) is 8.25. The number of hydrogen-bond acceptors (Lipinski definition) is 4. The van der Waals surface area contributed by atoms with Gasteiger partial charge in [0.05, 0.1) is 19.8 Å². The van der Waals surface area contributed by atoms with Gasteiger partial charge in [0.25, 0.3) is 0 Å². The van der Waals surface area contributed by atoms with Gasteiger partial charge in [0.15, 0.2) is 5.96 Å². The second kappa shape index (κ2) is 11.2. The van der Waals surface area contributed by atoms with Crippen molar-refractivity contribution in [2.75, 3.05) is 39.5 Å². The van der Waals surface area contributed by atoms with Crippen molar-refractivity contribution in [2.24, 2.45) is 10.4 Å². The molecule has 6 nitrogen and oxygen atoms in total. The highest BCUT2D eigenvalue weighted by Gasteiger charge is 2.34. The van der Waals surface area contributed by atoms with Crippen molar-refractivity contribution < 1.29 is 14.6 Å². The largest absolute Gasteiger partial charge is 0.396 e. The van der Waals surface area contributed by atoms with Gasteiger partial charge in [-0.15, -0.1) is 0 Å². The lowest BCUT2D eigenvalue weighted by atomic mass is 9.84. The number of hydrogen-bond donors (Lipinski definition) is 3. The van der Waals surface area contributed by atoms with E-state index in [2.05, 4.69) is 29.7 Å². The van der Waals surface area contributed by atoms with E-state index in [9.17, 15) is 5.11 Å². The Morgan fingerprint density at radius 2 is 2.08 bits per heavy atom. The Morgan fingerprint density at radius 1 is 1.27 bits per heavy atom. The molecule has 1 unspecified atom stereocenters. The molecule has 1 aliphatic heterocycles. The van der Waals surface area contributed by atoms with E-state index in [0.717, 1.165) is 38.5 Å². The number of nitrogens with zero attached hydrogens (tertiary/aromatic N) is 1. The van der Waals surface area contributed by atoms with Crippen LogP contribution >= 0.6 is 0 Å². The lowest BCUT2D eigenvalue weighted by molar-refractivity contribution is 0.127. The molecule has 0 spiro atoms. The average molecular weight is 364 g/mol. The Balaban J connectivity index is 2.00. The van der Waals surface area contributed by atoms with E-state index >= 15 is 0 Å². The van der Waals surface area contributed by atoms with Gasteiger partial charge in [-0.05, 0) is 37.8 Å². The molecule has 3 N–H and O–H groups in total. The Morgan fingerprint density at radius 3 is 2.73 bits per heavy atom. The molecule has 0 amide bonds. The molecule has 1 heterocycles. The van der Waals surface area contributed by atoms with E-state index in [1.54, 1.807) is 0 Å². The molecule has 2 rings (SSSR count). The SMILES string of the molecule is CCNC(=NCc1ccccc1COCC)NCC1(CCO)CCOC1. The third-order valence-corrected chi connectivity index (χ3v) is 4.79. The molecule has 0 saturated carbocycles. The van der Waals surface area contributed by atoms with Crippen LogP contribution in [0.2, 0.25) is 0 Å². The molecule has 6 heteroatoms. The summed E-state index contributed by atoms with van der Waals surface area (Å²) in [5.41, 5.74) is 2.35. The molecule has 1 saturated heterocycles. The Labute approximate surface area is 157 Å². The number of ether oxygens (including phenoxy) is 2. The van der Waals surface area contributed by atoms with Crippen LogP contribution in [0.5, 0.6) is 0 Å². The minimum atomic E-state index is -0.00217. The van der Waals surface area contributed by atoms with E-state index in [4.69, 9.17) is 14.5 Å². The highest BCUT2D eigenvalue weighted by atomic mass is 16.5. The van der Waals surface area contributed by atoms with Crippen LogP contribution in [-0.2, 0) is 22.6 Å². The summed E-state index contributed by atoms with van der Waals surface area (Å²) in [4.78, 5) is 4.74. The molecule has 0 aliphatic carbocycles. The van der Waals surface area contributed by atoms with Crippen LogP contribution in [0.4, 0.5) is 0 Å². The molecular weight excluding hydrogens is 330 g/mol. The van der Waals surface area contributed by atoms with Gasteiger partial charge in [0, 0.05) is 38.3 Å². The molecule has 146 valence electrons. The van der Waals surface area contributed by atoms with Gasteiger partial charge in [-0.25, -0.2) is 4.99 Å². The van der Waals surface area contributed by atoms with Crippen molar-refractivity contribution in [3.8, 4) is 0 Å². The third kappa shape index (κ3) is 6.27. The second-order valence-electron chi connectivity index (χ2n) is 6.73. The fraction of sp³-hybridized carbons (Fsp3) is 0.650. The van der Waals surface area contributed by atoms with Crippen molar-refractivity contribution in [2.45, 2.75) is 39.8 Å². The first-order valence-corrected chi connectivity index (χ1v) is 9.58. The van der Waals surface area contributed by atoms with Crippen LogP contribution in [0.25, 0.3) is 0 Å². The molecule has 0 radical (unpaired) electrons. The van der Waals surface area contributed by atoms with Gasteiger partial charge < -0.3 is 25.2 Å². The van der Waals surface area contributed by atoms with E-state index in [-0.39, 0.29) is 12.0 Å². The van der Waals surface area contributed by atoms with Crippen LogP contribution in [0.1, 0.15) is 37.8 Å². The summed E-state index contributed by atoms with van der Waals surface area (Å²) < 4.78 is 11.1. The van der Waals surface area contributed by atoms with Crippen LogP contribution in [-0.4, -0.2) is 50.6 Å². The standard InChI is InChI=1S/C20H33N3O3/c1-3-21-19(23-15-20(9-11-24)10-12-26-16-20)22-13-17-7-5-6-8-18(17)14-25-4-2/h5-8,24H,3-4,9-16H2,1-2H3,(H2,21,22,23). The van der Waals surface area contributed by atoms with E-state index < -0.39 is 0 Å². The van der Waals surface area contributed by atoms with Crippen molar-refractivity contribution in [3.63, 3.8) is 0 Å². The molecule has 1 fully saturated rings. The van der Waals surface area contributed by atoms with Gasteiger partial charge in [-0.2, -0.15) is 0 Å². The predicted molar refractivity (Wildman–Crippen MR) is 104 cm³/mol. The van der Waals surface area contributed by atoms with Crippen molar-refractivity contribution in [3.05, 3.63) is 35.4 Å². The Bertz CT molecular complexity index is 557. The molecule has 1 aromatic rings. The topological polar surface area (TPSA) is 75.1 Å². The minimum Gasteiger partial charge on any atom is -0.396 e. The van der Waals surface area contributed by atoms with Gasteiger partial charge >= 0.3 is 0 Å². The average Bonchev–Trinajstić information content (AvgIpc) is 3.12. The van der Waals surface area contributed by atoms with E-state index in [1.165, 1.54) is 11.1 Å². The lowest BCUT2D eigenvalue weighted by Gasteiger charge is -2.27. The van der Waals surface area contributed by atoms with E-state index in [0.29, 0.717) is 26.4 Å². The number of guanidine groups is 1. The van der Waals surface area contributed by atoms with E-state index in [1.807, 2.05) is 19.1 Å². The predicted octanol–water partition coefficient (Wildman–Crippen LogP) is 2.07. The number of rotatable bonds is 10. The first-order chi connectivity index (χ1) is 12.7. The Hall–Kier alpha value is -1.63. The highest BCUT2D eigenvalue weighted by molar-refractivity contribution is 5.79. The van der Waals surface area contributed by atoms with Crippen molar-refractivity contribution in [1.82, 2.24) is 10.6 Å². The summed E-state index contributed by atoms with van der Waals surface area (Å²) in [6.07, 6.45) is 1.72. The quantitative estimate of drug-likeness (QED) is 0.438. The van der Waals surface area contributed by atoms with Gasteiger partial charge in [0.1, 0.15) is 0 Å². The minimum absolute atomic E-state index is 0.00217. The highest BCUT2D eigenvalue weighted by Crippen LogP contribution is 2.31. The molecule has 0 aromatic heterocycles. The zero-order valence-corrected chi connectivity index (χ0v) is 16.1. The second-order valence-corrected chi connectivity index (χ2v) is 6.73. The number of aliphatic hydroxyl groups is 1. The van der Waals surface area contributed by atoms with Crippen LogP contribution in [0, 0.1) is 5.41 Å². The van der Waals surface area contributed by atoms with Crippen LogP contribution < -0.4 is 10.6 Å². The summed E-state index contributed by atoms with van der Waals surface area (Å²) >= 11 is 0. The number of benzene rings is 1. The fourth-order valence-electron chi connectivity index (χ4n) is 3.15. The number of aliphatic hydroxyl groups excluding tert-OH is 1.